The van der Waals surface area contributed by atoms with E-state index in [9.17, 15) is 0 Å². The summed E-state index contributed by atoms with van der Waals surface area (Å²) in [6, 6.07) is 5.11. The molecule has 0 aliphatic carbocycles. The zero-order valence-corrected chi connectivity index (χ0v) is 11.1. The highest BCUT2D eigenvalue weighted by atomic mass is 32.1. The molecule has 0 amide bonds. The van der Waals surface area contributed by atoms with Gasteiger partial charge in [-0.15, -0.1) is 0 Å². The molecule has 4 nitrogen and oxygen atoms in total. The zero-order chi connectivity index (χ0) is 12.5. The highest BCUT2D eigenvalue weighted by Crippen LogP contribution is 2.30. The number of thiocarbonyl (C=S) groups is 1. The third-order valence-corrected chi connectivity index (χ3v) is 4.18. The first-order valence-corrected chi connectivity index (χ1v) is 6.92. The summed E-state index contributed by atoms with van der Waals surface area (Å²) in [7, 11) is 0. The lowest BCUT2D eigenvalue weighted by atomic mass is 10.1. The summed E-state index contributed by atoms with van der Waals surface area (Å²) in [6.07, 6.45) is 5.53. The van der Waals surface area contributed by atoms with Gasteiger partial charge in [0.15, 0.2) is 0 Å². The molecule has 5 heteroatoms. The van der Waals surface area contributed by atoms with Gasteiger partial charge in [0, 0.05) is 24.8 Å². The Morgan fingerprint density at radius 3 is 3.17 bits per heavy atom. The summed E-state index contributed by atoms with van der Waals surface area (Å²) < 4.78 is 0. The molecule has 2 aliphatic heterocycles. The number of nitrogens with two attached hydrogens (primary N) is 1. The smallest absolute Gasteiger partial charge is 0.124 e. The third-order valence-electron chi connectivity index (χ3n) is 3.99. The first-order chi connectivity index (χ1) is 8.75. The molecule has 2 aliphatic rings. The van der Waals surface area contributed by atoms with Crippen LogP contribution in [0.15, 0.2) is 18.3 Å². The second-order valence-electron chi connectivity index (χ2n) is 5.05. The second kappa shape index (κ2) is 4.82. The number of hydrogen-bond donors (Lipinski definition) is 2. The molecule has 0 saturated carbocycles. The number of anilines is 1. The Kier molecular flexibility index (Phi) is 3.18. The highest BCUT2D eigenvalue weighted by molar-refractivity contribution is 7.80. The topological polar surface area (TPSA) is 54.2 Å². The fourth-order valence-corrected chi connectivity index (χ4v) is 3.33. The number of fused-ring (bicyclic) bond motifs is 1. The molecule has 3 rings (SSSR count). The van der Waals surface area contributed by atoms with Crippen molar-refractivity contribution in [2.24, 2.45) is 5.73 Å². The largest absolute Gasteiger partial charge is 0.388 e. The minimum absolute atomic E-state index is 0.361. The summed E-state index contributed by atoms with van der Waals surface area (Å²) in [6.45, 7) is 2.45. The van der Waals surface area contributed by atoms with Gasteiger partial charge in [0.1, 0.15) is 10.7 Å². The summed E-state index contributed by atoms with van der Waals surface area (Å²) >= 11 is 5.05. The molecule has 1 aromatic rings. The van der Waals surface area contributed by atoms with Gasteiger partial charge in [-0.05, 0) is 37.9 Å². The molecule has 3 N–H and O–H groups in total. The van der Waals surface area contributed by atoms with Gasteiger partial charge in [-0.1, -0.05) is 12.2 Å². The van der Waals surface area contributed by atoms with E-state index in [1.807, 2.05) is 12.1 Å². The van der Waals surface area contributed by atoms with Crippen molar-refractivity contribution in [3.63, 3.8) is 0 Å². The summed E-state index contributed by atoms with van der Waals surface area (Å²) in [5.41, 5.74) is 7.40. The Morgan fingerprint density at radius 1 is 1.44 bits per heavy atom. The predicted molar refractivity (Wildman–Crippen MR) is 76.7 cm³/mol. The number of rotatable bonds is 3. The Balaban J connectivity index is 1.78. The average molecular weight is 262 g/mol. The number of hydrogen-bond acceptors (Lipinski definition) is 4. The van der Waals surface area contributed by atoms with Gasteiger partial charge in [0.05, 0.1) is 5.69 Å². The molecular formula is C13H18N4S. The lowest BCUT2D eigenvalue weighted by Gasteiger charge is -2.23. The third kappa shape index (κ3) is 2.08. The molecule has 2 saturated heterocycles. The maximum atomic E-state index is 5.71. The van der Waals surface area contributed by atoms with Crippen LogP contribution in [0.3, 0.4) is 0 Å². The van der Waals surface area contributed by atoms with E-state index >= 15 is 0 Å². The van der Waals surface area contributed by atoms with Crippen molar-refractivity contribution in [1.29, 1.82) is 0 Å². The molecule has 18 heavy (non-hydrogen) atoms. The Bertz CT molecular complexity index is 462. The van der Waals surface area contributed by atoms with Gasteiger partial charge in [-0.3, -0.25) is 9.88 Å². The van der Waals surface area contributed by atoms with Crippen LogP contribution in [0.5, 0.6) is 0 Å². The lowest BCUT2D eigenvalue weighted by Crippen LogP contribution is -2.34. The first-order valence-electron chi connectivity index (χ1n) is 6.51. The predicted octanol–water partition coefficient (Wildman–Crippen LogP) is 1.36. The van der Waals surface area contributed by atoms with Crippen molar-refractivity contribution < 1.29 is 0 Å². The Labute approximate surface area is 113 Å². The Morgan fingerprint density at radius 2 is 2.33 bits per heavy atom. The lowest BCUT2D eigenvalue weighted by molar-refractivity contribution is 0.318. The molecular weight excluding hydrogens is 244 g/mol. The van der Waals surface area contributed by atoms with Crippen molar-refractivity contribution >= 4 is 22.9 Å². The van der Waals surface area contributed by atoms with E-state index in [4.69, 9.17) is 18.0 Å². The van der Waals surface area contributed by atoms with Crippen molar-refractivity contribution in [2.75, 3.05) is 18.4 Å². The van der Waals surface area contributed by atoms with E-state index in [2.05, 4.69) is 15.2 Å². The van der Waals surface area contributed by atoms with Crippen molar-refractivity contribution in [3.05, 3.63) is 24.0 Å². The van der Waals surface area contributed by atoms with Crippen LogP contribution in [-0.4, -0.2) is 40.0 Å². The minimum Gasteiger partial charge on any atom is -0.388 e. The summed E-state index contributed by atoms with van der Waals surface area (Å²) in [5, 5.41) is 3.59. The van der Waals surface area contributed by atoms with Gasteiger partial charge in [0.25, 0.3) is 0 Å². The van der Waals surface area contributed by atoms with Gasteiger partial charge >= 0.3 is 0 Å². The van der Waals surface area contributed by atoms with Crippen LogP contribution in [0.1, 0.15) is 25.0 Å². The van der Waals surface area contributed by atoms with E-state index in [-0.39, 0.29) is 0 Å². The van der Waals surface area contributed by atoms with E-state index in [0.717, 1.165) is 5.69 Å². The van der Waals surface area contributed by atoms with Gasteiger partial charge < -0.3 is 11.1 Å². The average Bonchev–Trinajstić information content (AvgIpc) is 2.94. The fraction of sp³-hybridized carbons (Fsp3) is 0.538. The second-order valence-corrected chi connectivity index (χ2v) is 5.49. The number of nitrogens with zero attached hydrogens (tertiary/aromatic N) is 2. The van der Waals surface area contributed by atoms with Crippen LogP contribution in [0.4, 0.5) is 5.69 Å². The maximum Gasteiger partial charge on any atom is 0.124 e. The Hall–Kier alpha value is -1.20. The van der Waals surface area contributed by atoms with Crippen molar-refractivity contribution in [2.45, 2.75) is 31.3 Å². The van der Waals surface area contributed by atoms with Gasteiger partial charge in [-0.2, -0.15) is 0 Å². The molecule has 2 fully saturated rings. The fourth-order valence-electron chi connectivity index (χ4n) is 3.17. The van der Waals surface area contributed by atoms with Crippen LogP contribution >= 0.6 is 12.2 Å². The van der Waals surface area contributed by atoms with Crippen LogP contribution < -0.4 is 11.1 Å². The summed E-state index contributed by atoms with van der Waals surface area (Å²) in [5.74, 6) is 0. The first kappa shape index (κ1) is 11.9. The number of aromatic nitrogens is 1. The molecule has 2 unspecified atom stereocenters. The molecule has 3 heterocycles. The monoisotopic (exact) mass is 262 g/mol. The maximum absolute atomic E-state index is 5.71. The standard InChI is InChI=1S/C13H18N4S/c14-13(18)12-10(3-1-6-15-12)16-9-5-8-17-7-2-4-11(9)17/h1,3,6,9,11,16H,2,4-5,7-8H2,(H2,14,18). The molecule has 96 valence electrons. The van der Waals surface area contributed by atoms with E-state index in [1.54, 1.807) is 6.20 Å². The van der Waals surface area contributed by atoms with Crippen molar-refractivity contribution in [3.8, 4) is 0 Å². The SMILES string of the molecule is NC(=S)c1ncccc1NC1CCN2CCCC12. The van der Waals surface area contributed by atoms with Gasteiger partial charge in [-0.25, -0.2) is 0 Å². The van der Waals surface area contributed by atoms with Crippen LogP contribution in [0, 0.1) is 0 Å². The van der Waals surface area contributed by atoms with E-state index in [1.165, 1.54) is 32.4 Å². The number of nitrogens with one attached hydrogen (secondary N) is 1. The quantitative estimate of drug-likeness (QED) is 0.806. The van der Waals surface area contributed by atoms with Crippen LogP contribution in [0.25, 0.3) is 0 Å². The zero-order valence-electron chi connectivity index (χ0n) is 10.3. The van der Waals surface area contributed by atoms with E-state index < -0.39 is 0 Å². The normalized spacial score (nSPS) is 27.1. The molecule has 0 aromatic carbocycles. The minimum atomic E-state index is 0.361. The molecule has 0 bridgehead atoms. The molecule has 0 spiro atoms. The van der Waals surface area contributed by atoms with Crippen molar-refractivity contribution in [1.82, 2.24) is 9.88 Å². The molecule has 2 atom stereocenters. The van der Waals surface area contributed by atoms with E-state index in [0.29, 0.717) is 22.8 Å². The number of pyridine rings is 1. The van der Waals surface area contributed by atoms with Gasteiger partial charge in [0.2, 0.25) is 0 Å². The highest BCUT2D eigenvalue weighted by Gasteiger charge is 2.37. The molecule has 0 radical (unpaired) electrons. The summed E-state index contributed by atoms with van der Waals surface area (Å²) in [4.78, 5) is 7.20. The van der Waals surface area contributed by atoms with Crippen LogP contribution in [-0.2, 0) is 0 Å². The molecule has 1 aromatic heterocycles. The van der Waals surface area contributed by atoms with Crippen LogP contribution in [0.2, 0.25) is 0 Å².